The highest BCUT2D eigenvalue weighted by molar-refractivity contribution is 9.10. The van der Waals surface area contributed by atoms with E-state index in [0.717, 1.165) is 0 Å². The Bertz CT molecular complexity index is 688. The summed E-state index contributed by atoms with van der Waals surface area (Å²) < 4.78 is 0.481. The highest BCUT2D eigenvalue weighted by atomic mass is 79.9. The Morgan fingerprint density at radius 1 is 1.25 bits per heavy atom. The molecule has 0 aliphatic carbocycles. The number of carboxylic acids is 1. The molecule has 0 saturated heterocycles. The van der Waals surface area contributed by atoms with Crippen molar-refractivity contribution in [2.24, 2.45) is 5.73 Å². The lowest BCUT2D eigenvalue weighted by molar-refractivity contribution is 0.0695. The molecule has 1 heterocycles. The number of benzene rings is 1. The quantitative estimate of drug-likeness (QED) is 0.795. The van der Waals surface area contributed by atoms with Crippen LogP contribution in [0.1, 0.15) is 20.8 Å². The molecule has 0 fully saturated rings. The van der Waals surface area contributed by atoms with Gasteiger partial charge in [-0.15, -0.1) is 0 Å². The molecular formula is C13H10BrN3O3. The van der Waals surface area contributed by atoms with Gasteiger partial charge in [0.1, 0.15) is 11.5 Å². The third-order valence-corrected chi connectivity index (χ3v) is 3.16. The zero-order valence-electron chi connectivity index (χ0n) is 10.1. The largest absolute Gasteiger partial charge is 0.478 e. The molecule has 1 amide bonds. The van der Waals surface area contributed by atoms with Crippen molar-refractivity contribution in [3.63, 3.8) is 0 Å². The van der Waals surface area contributed by atoms with Crippen LogP contribution >= 0.6 is 15.9 Å². The lowest BCUT2D eigenvalue weighted by atomic mass is 10.2. The van der Waals surface area contributed by atoms with Gasteiger partial charge in [0.2, 0.25) is 0 Å². The standard InChI is InChI=1S/C13H10BrN3O3/c14-9-5-4-7(6-8(9)13(19)20)16-11-3-1-2-10(17-11)12(15)18/h1-6H,(H2,15,18)(H,16,17)(H,19,20). The van der Waals surface area contributed by atoms with Gasteiger partial charge in [0.15, 0.2) is 0 Å². The van der Waals surface area contributed by atoms with E-state index in [1.807, 2.05) is 0 Å². The first-order valence-corrected chi connectivity index (χ1v) is 6.33. The van der Waals surface area contributed by atoms with Crippen molar-refractivity contribution in [1.29, 1.82) is 0 Å². The van der Waals surface area contributed by atoms with Gasteiger partial charge in [-0.25, -0.2) is 9.78 Å². The van der Waals surface area contributed by atoms with Gasteiger partial charge in [0, 0.05) is 10.2 Å². The Kier molecular flexibility index (Phi) is 3.99. The Balaban J connectivity index is 2.30. The number of carbonyl (C=O) groups excluding carboxylic acids is 1. The molecule has 102 valence electrons. The molecule has 0 unspecified atom stereocenters. The molecule has 0 saturated carbocycles. The van der Waals surface area contributed by atoms with Crippen molar-refractivity contribution >= 4 is 39.3 Å². The average Bonchev–Trinajstić information content (AvgIpc) is 2.41. The van der Waals surface area contributed by atoms with Gasteiger partial charge < -0.3 is 16.2 Å². The van der Waals surface area contributed by atoms with E-state index >= 15 is 0 Å². The Hall–Kier alpha value is -2.41. The molecule has 0 radical (unpaired) electrons. The van der Waals surface area contributed by atoms with Crippen molar-refractivity contribution < 1.29 is 14.7 Å². The molecule has 0 spiro atoms. The number of halogens is 1. The van der Waals surface area contributed by atoms with Crippen LogP contribution in [0.5, 0.6) is 0 Å². The van der Waals surface area contributed by atoms with E-state index in [1.165, 1.54) is 12.1 Å². The number of aromatic carboxylic acids is 1. The summed E-state index contributed by atoms with van der Waals surface area (Å²) in [5, 5.41) is 12.0. The number of hydrogen-bond donors (Lipinski definition) is 3. The van der Waals surface area contributed by atoms with Gasteiger partial charge in [-0.2, -0.15) is 0 Å². The molecule has 0 bridgehead atoms. The molecule has 2 rings (SSSR count). The SMILES string of the molecule is NC(=O)c1cccc(Nc2ccc(Br)c(C(=O)O)c2)n1. The van der Waals surface area contributed by atoms with Gasteiger partial charge in [0.05, 0.1) is 5.56 Å². The number of primary amides is 1. The summed E-state index contributed by atoms with van der Waals surface area (Å²) in [4.78, 5) is 26.1. The fourth-order valence-electron chi connectivity index (χ4n) is 1.56. The second-order valence-corrected chi connectivity index (χ2v) is 4.75. The summed E-state index contributed by atoms with van der Waals surface area (Å²) in [5.74, 6) is -1.27. The summed E-state index contributed by atoms with van der Waals surface area (Å²) in [6.07, 6.45) is 0. The van der Waals surface area contributed by atoms with Crippen molar-refractivity contribution in [2.45, 2.75) is 0 Å². The first-order valence-electron chi connectivity index (χ1n) is 5.54. The monoisotopic (exact) mass is 335 g/mol. The molecule has 2 aromatic rings. The van der Waals surface area contributed by atoms with E-state index in [9.17, 15) is 9.59 Å². The number of aromatic nitrogens is 1. The van der Waals surface area contributed by atoms with E-state index in [1.54, 1.807) is 24.3 Å². The van der Waals surface area contributed by atoms with Crippen LogP contribution < -0.4 is 11.1 Å². The molecular weight excluding hydrogens is 326 g/mol. The number of nitrogens with one attached hydrogen (secondary N) is 1. The molecule has 7 heteroatoms. The highest BCUT2D eigenvalue weighted by Crippen LogP contribution is 2.23. The molecule has 20 heavy (non-hydrogen) atoms. The molecule has 0 atom stereocenters. The normalized spacial score (nSPS) is 10.1. The summed E-state index contributed by atoms with van der Waals surface area (Å²) >= 11 is 3.16. The van der Waals surface area contributed by atoms with Crippen LogP contribution in [0.15, 0.2) is 40.9 Å². The van der Waals surface area contributed by atoms with Gasteiger partial charge in [0.25, 0.3) is 5.91 Å². The van der Waals surface area contributed by atoms with E-state index in [-0.39, 0.29) is 11.3 Å². The minimum absolute atomic E-state index is 0.126. The number of nitrogens with two attached hydrogens (primary N) is 1. The lowest BCUT2D eigenvalue weighted by Crippen LogP contribution is -2.13. The van der Waals surface area contributed by atoms with Crippen LogP contribution in [0.4, 0.5) is 11.5 Å². The Morgan fingerprint density at radius 3 is 2.65 bits per heavy atom. The maximum Gasteiger partial charge on any atom is 0.336 e. The molecule has 0 aliphatic heterocycles. The summed E-state index contributed by atoms with van der Waals surface area (Å²) in [6.45, 7) is 0. The Morgan fingerprint density at radius 2 is 2.00 bits per heavy atom. The van der Waals surface area contributed by atoms with Crippen LogP contribution in [0.25, 0.3) is 0 Å². The van der Waals surface area contributed by atoms with Gasteiger partial charge in [-0.1, -0.05) is 6.07 Å². The second-order valence-electron chi connectivity index (χ2n) is 3.90. The van der Waals surface area contributed by atoms with Crippen molar-refractivity contribution in [3.05, 3.63) is 52.1 Å². The van der Waals surface area contributed by atoms with Crippen molar-refractivity contribution in [1.82, 2.24) is 4.98 Å². The van der Waals surface area contributed by atoms with Crippen LogP contribution in [0.2, 0.25) is 0 Å². The zero-order chi connectivity index (χ0) is 14.7. The molecule has 0 aliphatic rings. The number of amides is 1. The number of hydrogen-bond acceptors (Lipinski definition) is 4. The molecule has 6 nitrogen and oxygen atoms in total. The predicted molar refractivity (Wildman–Crippen MR) is 77.1 cm³/mol. The van der Waals surface area contributed by atoms with E-state index < -0.39 is 11.9 Å². The number of anilines is 2. The third kappa shape index (κ3) is 3.12. The molecule has 4 N–H and O–H groups in total. The van der Waals surface area contributed by atoms with Crippen LogP contribution in [-0.2, 0) is 0 Å². The predicted octanol–water partition coefficient (Wildman–Crippen LogP) is 2.38. The smallest absolute Gasteiger partial charge is 0.336 e. The fourth-order valence-corrected chi connectivity index (χ4v) is 1.97. The minimum Gasteiger partial charge on any atom is -0.478 e. The summed E-state index contributed by atoms with van der Waals surface area (Å²) in [6, 6.07) is 9.54. The highest BCUT2D eigenvalue weighted by Gasteiger charge is 2.10. The minimum atomic E-state index is -1.04. The number of nitrogens with zero attached hydrogens (tertiary/aromatic N) is 1. The van der Waals surface area contributed by atoms with Gasteiger partial charge in [-0.05, 0) is 46.3 Å². The summed E-state index contributed by atoms with van der Waals surface area (Å²) in [5.41, 5.74) is 5.94. The van der Waals surface area contributed by atoms with Crippen LogP contribution in [0.3, 0.4) is 0 Å². The molecule has 1 aromatic heterocycles. The number of rotatable bonds is 4. The molecule has 1 aromatic carbocycles. The first-order chi connectivity index (χ1) is 9.47. The van der Waals surface area contributed by atoms with E-state index in [0.29, 0.717) is 16.0 Å². The fraction of sp³-hybridized carbons (Fsp3) is 0. The number of carbonyl (C=O) groups is 2. The number of pyridine rings is 1. The van der Waals surface area contributed by atoms with Gasteiger partial charge >= 0.3 is 5.97 Å². The first kappa shape index (κ1) is 14.0. The third-order valence-electron chi connectivity index (χ3n) is 2.47. The maximum absolute atomic E-state index is 11.0. The van der Waals surface area contributed by atoms with Crippen molar-refractivity contribution in [2.75, 3.05) is 5.32 Å². The summed E-state index contributed by atoms with van der Waals surface area (Å²) in [7, 11) is 0. The van der Waals surface area contributed by atoms with E-state index in [2.05, 4.69) is 26.2 Å². The average molecular weight is 336 g/mol. The maximum atomic E-state index is 11.0. The van der Waals surface area contributed by atoms with E-state index in [4.69, 9.17) is 10.8 Å². The van der Waals surface area contributed by atoms with Crippen LogP contribution in [0, 0.1) is 0 Å². The Labute approximate surface area is 122 Å². The van der Waals surface area contributed by atoms with Crippen LogP contribution in [-0.4, -0.2) is 22.0 Å². The van der Waals surface area contributed by atoms with Crippen molar-refractivity contribution in [3.8, 4) is 0 Å². The lowest BCUT2D eigenvalue weighted by Gasteiger charge is -2.08. The van der Waals surface area contributed by atoms with Gasteiger partial charge in [-0.3, -0.25) is 4.79 Å². The topological polar surface area (TPSA) is 105 Å². The second kappa shape index (κ2) is 5.70. The zero-order valence-corrected chi connectivity index (χ0v) is 11.7. The number of carboxylic acid groups (broad SMARTS) is 1.